The summed E-state index contributed by atoms with van der Waals surface area (Å²) in [4.78, 5) is 40.2. The average Bonchev–Trinajstić information content (AvgIpc) is 2.70. The van der Waals surface area contributed by atoms with Crippen LogP contribution in [-0.2, 0) is 0 Å². The SMILES string of the molecule is O=C(O)c1ccc(N2C(=O)c3ccc(Br)cc3C2=O)nc1. The van der Waals surface area contributed by atoms with Gasteiger partial charge >= 0.3 is 5.97 Å². The molecule has 7 heteroatoms. The molecule has 2 amide bonds. The Morgan fingerprint density at radius 1 is 1.10 bits per heavy atom. The fraction of sp³-hybridized carbons (Fsp3) is 0. The molecule has 0 unspecified atom stereocenters. The van der Waals surface area contributed by atoms with Gasteiger partial charge in [0.2, 0.25) is 0 Å². The highest BCUT2D eigenvalue weighted by atomic mass is 79.9. The number of fused-ring (bicyclic) bond motifs is 1. The van der Waals surface area contributed by atoms with Gasteiger partial charge in [-0.2, -0.15) is 0 Å². The third-order valence-corrected chi connectivity index (χ3v) is 3.57. The van der Waals surface area contributed by atoms with Crippen molar-refractivity contribution in [3.63, 3.8) is 0 Å². The van der Waals surface area contributed by atoms with E-state index in [1.54, 1.807) is 18.2 Å². The van der Waals surface area contributed by atoms with Crippen LogP contribution in [0.5, 0.6) is 0 Å². The van der Waals surface area contributed by atoms with Gasteiger partial charge in [-0.3, -0.25) is 9.59 Å². The predicted octanol–water partition coefficient (Wildman–Crippen LogP) is 2.34. The molecular formula is C14H7BrN2O4. The summed E-state index contributed by atoms with van der Waals surface area (Å²) >= 11 is 3.25. The molecule has 1 aliphatic rings. The zero-order valence-electron chi connectivity index (χ0n) is 10.4. The molecule has 1 aromatic carbocycles. The first-order valence-corrected chi connectivity index (χ1v) is 6.66. The number of carboxylic acid groups (broad SMARTS) is 1. The average molecular weight is 347 g/mol. The Kier molecular flexibility index (Phi) is 3.06. The van der Waals surface area contributed by atoms with Gasteiger partial charge < -0.3 is 5.11 Å². The lowest BCUT2D eigenvalue weighted by Gasteiger charge is -2.12. The van der Waals surface area contributed by atoms with E-state index in [4.69, 9.17) is 5.11 Å². The van der Waals surface area contributed by atoms with E-state index in [1.807, 2.05) is 0 Å². The number of carbonyl (C=O) groups is 3. The Morgan fingerprint density at radius 3 is 2.43 bits per heavy atom. The number of carboxylic acids is 1. The van der Waals surface area contributed by atoms with Crippen LogP contribution in [0.2, 0.25) is 0 Å². The zero-order chi connectivity index (χ0) is 15.1. The van der Waals surface area contributed by atoms with Crippen molar-refractivity contribution < 1.29 is 19.5 Å². The van der Waals surface area contributed by atoms with E-state index in [-0.39, 0.29) is 11.4 Å². The number of amides is 2. The highest BCUT2D eigenvalue weighted by molar-refractivity contribution is 9.10. The van der Waals surface area contributed by atoms with Crippen molar-refractivity contribution in [1.29, 1.82) is 0 Å². The van der Waals surface area contributed by atoms with Gasteiger partial charge in [-0.1, -0.05) is 15.9 Å². The van der Waals surface area contributed by atoms with Crippen LogP contribution < -0.4 is 4.90 Å². The Balaban J connectivity index is 2.03. The molecule has 1 N–H and O–H groups in total. The molecule has 2 aromatic rings. The number of hydrogen-bond donors (Lipinski definition) is 1. The first-order valence-electron chi connectivity index (χ1n) is 5.86. The van der Waals surface area contributed by atoms with Gasteiger partial charge in [0.15, 0.2) is 0 Å². The van der Waals surface area contributed by atoms with Crippen LogP contribution in [0.1, 0.15) is 31.1 Å². The lowest BCUT2D eigenvalue weighted by Crippen LogP contribution is -2.30. The third kappa shape index (κ3) is 2.11. The van der Waals surface area contributed by atoms with E-state index in [0.717, 1.165) is 11.1 Å². The Hall–Kier alpha value is -2.54. The number of nitrogens with zero attached hydrogens (tertiary/aromatic N) is 2. The fourth-order valence-electron chi connectivity index (χ4n) is 2.07. The third-order valence-electron chi connectivity index (χ3n) is 3.07. The van der Waals surface area contributed by atoms with Crippen LogP contribution in [0.4, 0.5) is 5.82 Å². The monoisotopic (exact) mass is 346 g/mol. The molecule has 21 heavy (non-hydrogen) atoms. The van der Waals surface area contributed by atoms with Gasteiger partial charge in [0.1, 0.15) is 5.82 Å². The molecule has 6 nitrogen and oxygen atoms in total. The molecule has 2 heterocycles. The molecule has 0 radical (unpaired) electrons. The van der Waals surface area contributed by atoms with E-state index in [0.29, 0.717) is 15.6 Å². The second kappa shape index (κ2) is 4.78. The van der Waals surface area contributed by atoms with Gasteiger partial charge in [0.25, 0.3) is 11.8 Å². The summed E-state index contributed by atoms with van der Waals surface area (Å²) in [5.74, 6) is -1.98. The first kappa shape index (κ1) is 13.4. The van der Waals surface area contributed by atoms with Crippen molar-refractivity contribution in [3.05, 3.63) is 57.7 Å². The summed E-state index contributed by atoms with van der Waals surface area (Å²) in [6.07, 6.45) is 1.11. The van der Waals surface area contributed by atoms with E-state index < -0.39 is 17.8 Å². The Labute approximate surface area is 127 Å². The summed E-state index contributed by atoms with van der Waals surface area (Å²) in [6, 6.07) is 7.44. The van der Waals surface area contributed by atoms with Gasteiger partial charge in [-0.05, 0) is 30.3 Å². The van der Waals surface area contributed by atoms with Crippen molar-refractivity contribution in [2.45, 2.75) is 0 Å². The van der Waals surface area contributed by atoms with Crippen molar-refractivity contribution in [2.75, 3.05) is 4.90 Å². The number of hydrogen-bond acceptors (Lipinski definition) is 4. The Bertz CT molecular complexity index is 786. The van der Waals surface area contributed by atoms with E-state index in [2.05, 4.69) is 20.9 Å². The first-order chi connectivity index (χ1) is 9.99. The smallest absolute Gasteiger partial charge is 0.337 e. The number of benzene rings is 1. The maximum absolute atomic E-state index is 12.3. The van der Waals surface area contributed by atoms with Crippen LogP contribution in [0.15, 0.2) is 41.0 Å². The van der Waals surface area contributed by atoms with Gasteiger partial charge in [0, 0.05) is 10.7 Å². The molecule has 0 aliphatic carbocycles. The normalized spacial score (nSPS) is 13.5. The van der Waals surface area contributed by atoms with Crippen LogP contribution >= 0.6 is 15.9 Å². The molecule has 1 aliphatic heterocycles. The highest BCUT2D eigenvalue weighted by Crippen LogP contribution is 2.29. The van der Waals surface area contributed by atoms with Gasteiger partial charge in [0.05, 0.1) is 16.7 Å². The van der Waals surface area contributed by atoms with Crippen LogP contribution in [0.25, 0.3) is 0 Å². The zero-order valence-corrected chi connectivity index (χ0v) is 12.0. The quantitative estimate of drug-likeness (QED) is 0.843. The largest absolute Gasteiger partial charge is 0.478 e. The molecule has 0 atom stereocenters. The molecular weight excluding hydrogens is 340 g/mol. The lowest BCUT2D eigenvalue weighted by atomic mass is 10.1. The number of rotatable bonds is 2. The molecule has 0 spiro atoms. The van der Waals surface area contributed by atoms with E-state index in [9.17, 15) is 14.4 Å². The summed E-state index contributed by atoms with van der Waals surface area (Å²) in [6.45, 7) is 0. The summed E-state index contributed by atoms with van der Waals surface area (Å²) in [5, 5.41) is 8.82. The van der Waals surface area contributed by atoms with E-state index >= 15 is 0 Å². The van der Waals surface area contributed by atoms with Crippen molar-refractivity contribution in [2.24, 2.45) is 0 Å². The number of pyridine rings is 1. The summed E-state index contributed by atoms with van der Waals surface area (Å²) < 4.78 is 0.693. The number of halogens is 1. The molecule has 3 rings (SSSR count). The van der Waals surface area contributed by atoms with Crippen LogP contribution in [0.3, 0.4) is 0 Å². The van der Waals surface area contributed by atoms with E-state index in [1.165, 1.54) is 12.1 Å². The van der Waals surface area contributed by atoms with Crippen molar-refractivity contribution in [3.8, 4) is 0 Å². The minimum Gasteiger partial charge on any atom is -0.478 e. The molecule has 104 valence electrons. The van der Waals surface area contributed by atoms with Gasteiger partial charge in [-0.15, -0.1) is 0 Å². The van der Waals surface area contributed by atoms with Crippen LogP contribution in [-0.4, -0.2) is 27.9 Å². The number of aromatic carboxylic acids is 1. The maximum atomic E-state index is 12.3. The maximum Gasteiger partial charge on any atom is 0.337 e. The van der Waals surface area contributed by atoms with Crippen LogP contribution in [0, 0.1) is 0 Å². The van der Waals surface area contributed by atoms with Gasteiger partial charge in [-0.25, -0.2) is 14.7 Å². The topological polar surface area (TPSA) is 87.6 Å². The number of aromatic nitrogens is 1. The molecule has 0 fully saturated rings. The number of imide groups is 1. The second-order valence-corrected chi connectivity index (χ2v) is 5.26. The Morgan fingerprint density at radius 2 is 1.81 bits per heavy atom. The molecule has 0 bridgehead atoms. The number of anilines is 1. The van der Waals surface area contributed by atoms with Crippen molar-refractivity contribution >= 4 is 39.5 Å². The summed E-state index contributed by atoms with van der Waals surface area (Å²) in [5.41, 5.74) is 0.573. The molecule has 0 saturated carbocycles. The second-order valence-electron chi connectivity index (χ2n) is 4.35. The minimum atomic E-state index is -1.12. The lowest BCUT2D eigenvalue weighted by molar-refractivity contribution is 0.0696. The fourth-order valence-corrected chi connectivity index (χ4v) is 2.43. The minimum absolute atomic E-state index is 0.0156. The standard InChI is InChI=1S/C14H7BrN2O4/c15-8-2-3-9-10(5-8)13(19)17(12(9)18)11-4-1-7(6-16-11)14(20)21/h1-6H,(H,20,21). The molecule has 1 aromatic heterocycles. The molecule has 0 saturated heterocycles. The predicted molar refractivity (Wildman–Crippen MR) is 76.5 cm³/mol. The highest BCUT2D eigenvalue weighted by Gasteiger charge is 2.37. The summed E-state index contributed by atoms with van der Waals surface area (Å²) in [7, 11) is 0. The number of carbonyl (C=O) groups excluding carboxylic acids is 2. The van der Waals surface area contributed by atoms with Crippen molar-refractivity contribution in [1.82, 2.24) is 4.98 Å².